The standard InChI is InChI=1S/C75H145NO5/c1-3-5-7-9-11-13-15-17-18-19-20-21-22-25-28-31-34-37-40-44-47-51-55-59-63-67-73(78)72(71-77)76-74(79)68-64-60-56-52-48-45-41-38-35-32-29-26-23-24-27-30-33-36-39-42-46-50-54-58-62-66-70-81-75(80)69-65-61-57-53-49-43-16-14-12-10-8-6-4-2/h14,16,23,26,72-73,77-78H,3-13,15,17-22,24-25,27-71H2,1-2H3,(H,76,79)/b16-14-,26-23-. The monoisotopic (exact) mass is 1140 g/mol. The highest BCUT2D eigenvalue weighted by Crippen LogP contribution is 2.19. The molecule has 0 aliphatic carbocycles. The van der Waals surface area contributed by atoms with Crippen LogP contribution in [0.5, 0.6) is 0 Å². The van der Waals surface area contributed by atoms with Crippen LogP contribution in [-0.2, 0) is 14.3 Å². The maximum atomic E-state index is 12.6. The molecule has 480 valence electrons. The Labute approximate surface area is 507 Å². The van der Waals surface area contributed by atoms with E-state index in [1.54, 1.807) is 0 Å². The van der Waals surface area contributed by atoms with Crippen LogP contribution in [0.3, 0.4) is 0 Å². The molecule has 81 heavy (non-hydrogen) atoms. The lowest BCUT2D eigenvalue weighted by atomic mass is 10.0. The third-order valence-corrected chi connectivity index (χ3v) is 17.5. The summed E-state index contributed by atoms with van der Waals surface area (Å²) in [4.78, 5) is 24.6. The van der Waals surface area contributed by atoms with Crippen molar-refractivity contribution in [3.8, 4) is 0 Å². The predicted molar refractivity (Wildman–Crippen MR) is 356 cm³/mol. The van der Waals surface area contributed by atoms with Gasteiger partial charge in [-0.15, -0.1) is 0 Å². The lowest BCUT2D eigenvalue weighted by Crippen LogP contribution is -2.45. The van der Waals surface area contributed by atoms with Gasteiger partial charge in [0.2, 0.25) is 5.91 Å². The molecule has 6 nitrogen and oxygen atoms in total. The molecule has 2 unspecified atom stereocenters. The molecule has 0 aliphatic rings. The third-order valence-electron chi connectivity index (χ3n) is 17.5. The van der Waals surface area contributed by atoms with E-state index in [4.69, 9.17) is 4.74 Å². The highest BCUT2D eigenvalue weighted by atomic mass is 16.5. The molecular weight excluding hydrogens is 995 g/mol. The van der Waals surface area contributed by atoms with E-state index < -0.39 is 12.1 Å². The van der Waals surface area contributed by atoms with Crippen LogP contribution in [0.1, 0.15) is 418 Å². The smallest absolute Gasteiger partial charge is 0.305 e. The Kier molecular flexibility index (Phi) is 69.4. The van der Waals surface area contributed by atoms with Crippen LogP contribution in [0.4, 0.5) is 0 Å². The first-order valence-corrected chi connectivity index (χ1v) is 37.1. The number of carbonyl (C=O) groups is 2. The number of aliphatic hydroxyl groups excluding tert-OH is 2. The molecule has 0 bridgehead atoms. The quantitative estimate of drug-likeness (QED) is 0.0320. The minimum Gasteiger partial charge on any atom is -0.466 e. The fourth-order valence-corrected chi connectivity index (χ4v) is 11.8. The summed E-state index contributed by atoms with van der Waals surface area (Å²) in [5.41, 5.74) is 0. The molecule has 0 heterocycles. The summed E-state index contributed by atoms with van der Waals surface area (Å²) in [6, 6.07) is -0.544. The van der Waals surface area contributed by atoms with Crippen molar-refractivity contribution in [3.63, 3.8) is 0 Å². The van der Waals surface area contributed by atoms with E-state index in [1.165, 1.54) is 340 Å². The van der Waals surface area contributed by atoms with Crippen molar-refractivity contribution >= 4 is 11.9 Å². The van der Waals surface area contributed by atoms with Crippen molar-refractivity contribution < 1.29 is 24.5 Å². The first-order chi connectivity index (χ1) is 40.0. The number of unbranched alkanes of at least 4 members (excludes halogenated alkanes) is 55. The maximum Gasteiger partial charge on any atom is 0.305 e. The largest absolute Gasteiger partial charge is 0.466 e. The van der Waals surface area contributed by atoms with E-state index in [0.717, 1.165) is 44.9 Å². The fourth-order valence-electron chi connectivity index (χ4n) is 11.8. The van der Waals surface area contributed by atoms with Crippen molar-refractivity contribution in [3.05, 3.63) is 24.3 Å². The summed E-state index contributed by atoms with van der Waals surface area (Å²) in [5.74, 6) is -0.0257. The van der Waals surface area contributed by atoms with Gasteiger partial charge in [0.05, 0.1) is 25.4 Å². The number of esters is 1. The first kappa shape index (κ1) is 79.3. The summed E-state index contributed by atoms with van der Waals surface area (Å²) >= 11 is 0. The molecule has 6 heteroatoms. The molecule has 0 aromatic rings. The summed E-state index contributed by atoms with van der Waals surface area (Å²) in [5, 5.41) is 23.5. The van der Waals surface area contributed by atoms with E-state index in [-0.39, 0.29) is 18.5 Å². The maximum absolute atomic E-state index is 12.6. The van der Waals surface area contributed by atoms with E-state index in [1.807, 2.05) is 0 Å². The van der Waals surface area contributed by atoms with Gasteiger partial charge in [0.25, 0.3) is 0 Å². The number of rotatable bonds is 70. The molecule has 0 aromatic carbocycles. The molecule has 1 amide bonds. The zero-order valence-corrected chi connectivity index (χ0v) is 55.0. The molecular formula is C75H145NO5. The molecule has 2 atom stereocenters. The van der Waals surface area contributed by atoms with Crippen molar-refractivity contribution in [1.82, 2.24) is 5.32 Å². The van der Waals surface area contributed by atoms with Crippen LogP contribution in [-0.4, -0.2) is 47.4 Å². The van der Waals surface area contributed by atoms with E-state index in [9.17, 15) is 19.8 Å². The van der Waals surface area contributed by atoms with Gasteiger partial charge < -0.3 is 20.3 Å². The topological polar surface area (TPSA) is 95.9 Å². The number of hydrogen-bond acceptors (Lipinski definition) is 5. The molecule has 0 saturated carbocycles. The number of ether oxygens (including phenoxy) is 1. The van der Waals surface area contributed by atoms with Gasteiger partial charge in [0, 0.05) is 12.8 Å². The van der Waals surface area contributed by atoms with Crippen LogP contribution in [0.25, 0.3) is 0 Å². The third kappa shape index (κ3) is 67.3. The second-order valence-corrected chi connectivity index (χ2v) is 25.6. The Hall–Kier alpha value is -1.66. The molecule has 0 spiro atoms. The fraction of sp³-hybridized carbons (Fsp3) is 0.920. The van der Waals surface area contributed by atoms with Crippen molar-refractivity contribution in [2.24, 2.45) is 0 Å². The number of allylic oxidation sites excluding steroid dienone is 4. The average molecular weight is 1140 g/mol. The van der Waals surface area contributed by atoms with E-state index in [0.29, 0.717) is 25.9 Å². The zero-order chi connectivity index (χ0) is 58.5. The molecule has 0 rings (SSSR count). The average Bonchev–Trinajstić information content (AvgIpc) is 3.47. The van der Waals surface area contributed by atoms with Crippen molar-refractivity contribution in [2.75, 3.05) is 13.2 Å². The van der Waals surface area contributed by atoms with Gasteiger partial charge in [0.15, 0.2) is 0 Å². The SMILES string of the molecule is CCCCCC/C=C\CCCCCCCC(=O)OCCCCCCCCCCCCCC/C=C\CCCCCCCCCCCCC(=O)NC(CO)C(O)CCCCCCCCCCCCCCCCCCCCCCCCCCC. The number of amides is 1. The summed E-state index contributed by atoms with van der Waals surface area (Å²) in [6.07, 6.45) is 89.5. The van der Waals surface area contributed by atoms with Gasteiger partial charge in [-0.25, -0.2) is 0 Å². The second kappa shape index (κ2) is 70.8. The lowest BCUT2D eigenvalue weighted by molar-refractivity contribution is -0.143. The van der Waals surface area contributed by atoms with Gasteiger partial charge in [-0.2, -0.15) is 0 Å². The molecule has 0 aromatic heterocycles. The van der Waals surface area contributed by atoms with Gasteiger partial charge in [-0.3, -0.25) is 9.59 Å². The van der Waals surface area contributed by atoms with Crippen LogP contribution in [0.2, 0.25) is 0 Å². The normalized spacial score (nSPS) is 12.6. The number of carbonyl (C=O) groups excluding carboxylic acids is 2. The summed E-state index contributed by atoms with van der Waals surface area (Å²) in [7, 11) is 0. The van der Waals surface area contributed by atoms with Gasteiger partial charge >= 0.3 is 5.97 Å². The van der Waals surface area contributed by atoms with E-state index in [2.05, 4.69) is 43.5 Å². The molecule has 0 aliphatic heterocycles. The predicted octanol–water partition coefficient (Wildman–Crippen LogP) is 24.1. The molecule has 3 N–H and O–H groups in total. The molecule has 0 saturated heterocycles. The summed E-state index contributed by atoms with van der Waals surface area (Å²) in [6.45, 7) is 4.98. The van der Waals surface area contributed by atoms with Crippen LogP contribution < -0.4 is 5.32 Å². The molecule has 0 radical (unpaired) electrons. The Morgan fingerprint density at radius 3 is 0.889 bits per heavy atom. The number of hydrogen-bond donors (Lipinski definition) is 3. The highest BCUT2D eigenvalue weighted by molar-refractivity contribution is 5.76. The van der Waals surface area contributed by atoms with Gasteiger partial charge in [-0.1, -0.05) is 353 Å². The second-order valence-electron chi connectivity index (χ2n) is 25.6. The Morgan fingerprint density at radius 2 is 0.580 bits per heavy atom. The zero-order valence-electron chi connectivity index (χ0n) is 55.0. The van der Waals surface area contributed by atoms with Crippen LogP contribution >= 0.6 is 0 Å². The lowest BCUT2D eigenvalue weighted by Gasteiger charge is -2.22. The molecule has 0 fully saturated rings. The van der Waals surface area contributed by atoms with Crippen molar-refractivity contribution in [1.29, 1.82) is 0 Å². The Morgan fingerprint density at radius 1 is 0.333 bits per heavy atom. The van der Waals surface area contributed by atoms with Gasteiger partial charge in [-0.05, 0) is 77.0 Å². The summed E-state index contributed by atoms with van der Waals surface area (Å²) < 4.78 is 5.48. The van der Waals surface area contributed by atoms with Crippen LogP contribution in [0.15, 0.2) is 24.3 Å². The minimum atomic E-state index is -0.667. The number of aliphatic hydroxyl groups is 2. The first-order valence-electron chi connectivity index (χ1n) is 37.1. The minimum absolute atomic E-state index is 0.00598. The van der Waals surface area contributed by atoms with E-state index >= 15 is 0 Å². The highest BCUT2D eigenvalue weighted by Gasteiger charge is 2.20. The Balaban J connectivity index is 3.39. The number of nitrogens with one attached hydrogen (secondary N) is 1. The Bertz CT molecular complexity index is 1270. The van der Waals surface area contributed by atoms with Crippen LogP contribution in [0, 0.1) is 0 Å². The van der Waals surface area contributed by atoms with Crippen molar-refractivity contribution in [2.45, 2.75) is 431 Å². The van der Waals surface area contributed by atoms with Gasteiger partial charge in [0.1, 0.15) is 0 Å².